The molecule has 3 heteroatoms. The molecule has 0 bridgehead atoms. The lowest BCUT2D eigenvalue weighted by atomic mass is 10.1. The fourth-order valence-corrected chi connectivity index (χ4v) is 3.08. The van der Waals surface area contributed by atoms with Crippen LogP contribution in [-0.2, 0) is 18.0 Å². The molecule has 0 amide bonds. The molecule has 0 fully saturated rings. The van der Waals surface area contributed by atoms with Gasteiger partial charge in [-0.15, -0.1) is 0 Å². The minimum Gasteiger partial charge on any atom is -0.497 e. The van der Waals surface area contributed by atoms with Gasteiger partial charge in [0.1, 0.15) is 18.1 Å². The lowest BCUT2D eigenvalue weighted by Gasteiger charge is -2.13. The first-order valence-corrected chi connectivity index (χ1v) is 10.5. The highest BCUT2D eigenvalue weighted by molar-refractivity contribution is 5.51. The van der Waals surface area contributed by atoms with Crippen molar-refractivity contribution in [2.75, 3.05) is 7.11 Å². The maximum atomic E-state index is 6.10. The van der Waals surface area contributed by atoms with Crippen LogP contribution in [0.25, 0.3) is 6.08 Å². The molecule has 3 aromatic rings. The number of hydrogen-bond acceptors (Lipinski definition) is 3. The van der Waals surface area contributed by atoms with Gasteiger partial charge in [0.15, 0.2) is 0 Å². The molecule has 0 aromatic heterocycles. The Morgan fingerprint density at radius 2 is 1.43 bits per heavy atom. The average Bonchev–Trinajstić information content (AvgIpc) is 2.81. The van der Waals surface area contributed by atoms with Crippen molar-refractivity contribution in [3.63, 3.8) is 0 Å². The summed E-state index contributed by atoms with van der Waals surface area (Å²) in [6.45, 7) is 3.35. The van der Waals surface area contributed by atoms with Gasteiger partial charge in [0.05, 0.1) is 19.8 Å². The highest BCUT2D eigenvalue weighted by Gasteiger charge is 2.04. The van der Waals surface area contributed by atoms with E-state index in [1.54, 1.807) is 7.11 Å². The molecule has 0 aliphatic rings. The molecular weight excluding hydrogens is 372 g/mol. The van der Waals surface area contributed by atoms with Gasteiger partial charge >= 0.3 is 0 Å². The second kappa shape index (κ2) is 11.8. The van der Waals surface area contributed by atoms with E-state index in [1.807, 2.05) is 54.6 Å². The van der Waals surface area contributed by atoms with E-state index in [-0.39, 0.29) is 6.10 Å². The lowest BCUT2D eigenvalue weighted by molar-refractivity contribution is 0.0665. The number of methoxy groups -OCH3 is 1. The van der Waals surface area contributed by atoms with E-state index in [1.165, 1.54) is 5.56 Å². The molecule has 0 aliphatic heterocycles. The number of rotatable bonds is 11. The number of hydrogen-bond donors (Lipinski definition) is 0. The van der Waals surface area contributed by atoms with Crippen LogP contribution < -0.4 is 9.47 Å². The summed E-state index contributed by atoms with van der Waals surface area (Å²) in [5, 5.41) is 0. The van der Waals surface area contributed by atoms with Gasteiger partial charge in [-0.1, -0.05) is 80.1 Å². The Kier molecular flexibility index (Phi) is 8.55. The summed E-state index contributed by atoms with van der Waals surface area (Å²) in [7, 11) is 1.67. The van der Waals surface area contributed by atoms with Gasteiger partial charge < -0.3 is 14.2 Å². The summed E-state index contributed by atoms with van der Waals surface area (Å²) in [6.07, 6.45) is 6.48. The quantitative estimate of drug-likeness (QED) is 0.358. The second-order valence-electron chi connectivity index (χ2n) is 7.19. The van der Waals surface area contributed by atoms with Crippen molar-refractivity contribution >= 4 is 6.08 Å². The fraction of sp³-hybridized carbons (Fsp3) is 0.259. The van der Waals surface area contributed by atoms with E-state index in [9.17, 15) is 0 Å². The Hall–Kier alpha value is -3.04. The zero-order valence-corrected chi connectivity index (χ0v) is 17.8. The first-order chi connectivity index (χ1) is 14.8. The summed E-state index contributed by atoms with van der Waals surface area (Å²) >= 11 is 0. The molecule has 3 aromatic carbocycles. The minimum absolute atomic E-state index is 0.112. The van der Waals surface area contributed by atoms with Crippen LogP contribution in [0.2, 0.25) is 0 Å². The maximum absolute atomic E-state index is 6.10. The van der Waals surface area contributed by atoms with Crippen LogP contribution in [0.5, 0.6) is 11.5 Å². The standard InChI is InChI=1S/C27H30O3/c1-3-7-26(29-20-23-8-5-4-6-9-23)17-10-22-11-18-27(19-12-22)30-21-24-13-15-25(28-2)16-14-24/h4-6,8-19,26H,3,7,20-21H2,1-2H3/b17-10+/t26-/m1/s1. The summed E-state index contributed by atoms with van der Waals surface area (Å²) in [5.74, 6) is 1.71. The van der Waals surface area contributed by atoms with Gasteiger partial charge in [-0.05, 0) is 47.4 Å². The SMILES string of the molecule is CCC[C@H](/C=C/c1ccc(OCc2ccc(OC)cc2)cc1)OCc1ccccc1. The second-order valence-corrected chi connectivity index (χ2v) is 7.19. The first kappa shape index (κ1) is 21.7. The van der Waals surface area contributed by atoms with E-state index in [0.29, 0.717) is 13.2 Å². The maximum Gasteiger partial charge on any atom is 0.119 e. The molecule has 0 N–H and O–H groups in total. The Balaban J connectivity index is 1.51. The van der Waals surface area contributed by atoms with Gasteiger partial charge in [-0.2, -0.15) is 0 Å². The Morgan fingerprint density at radius 3 is 2.10 bits per heavy atom. The predicted octanol–water partition coefficient (Wildman–Crippen LogP) is 6.67. The van der Waals surface area contributed by atoms with Gasteiger partial charge in [0, 0.05) is 0 Å². The molecule has 0 radical (unpaired) electrons. The Labute approximate surface area is 179 Å². The normalized spacial score (nSPS) is 12.1. The van der Waals surface area contributed by atoms with Gasteiger partial charge in [0.25, 0.3) is 0 Å². The lowest BCUT2D eigenvalue weighted by Crippen LogP contribution is -2.09. The van der Waals surface area contributed by atoms with E-state index < -0.39 is 0 Å². The van der Waals surface area contributed by atoms with Crippen molar-refractivity contribution in [1.29, 1.82) is 0 Å². The molecule has 0 saturated carbocycles. The Morgan fingerprint density at radius 1 is 0.767 bits per heavy atom. The third kappa shape index (κ3) is 7.09. The first-order valence-electron chi connectivity index (χ1n) is 10.5. The van der Waals surface area contributed by atoms with Gasteiger partial charge in [-0.3, -0.25) is 0 Å². The minimum atomic E-state index is 0.112. The molecule has 3 rings (SSSR count). The van der Waals surface area contributed by atoms with E-state index in [0.717, 1.165) is 35.5 Å². The molecule has 156 valence electrons. The van der Waals surface area contributed by atoms with E-state index in [4.69, 9.17) is 14.2 Å². The zero-order chi connectivity index (χ0) is 21.0. The average molecular weight is 403 g/mol. The Bertz CT molecular complexity index is 884. The van der Waals surface area contributed by atoms with Gasteiger partial charge in [0.2, 0.25) is 0 Å². The van der Waals surface area contributed by atoms with E-state index >= 15 is 0 Å². The van der Waals surface area contributed by atoms with Gasteiger partial charge in [-0.25, -0.2) is 0 Å². The highest BCUT2D eigenvalue weighted by atomic mass is 16.5. The monoisotopic (exact) mass is 402 g/mol. The smallest absolute Gasteiger partial charge is 0.119 e. The van der Waals surface area contributed by atoms with Crippen molar-refractivity contribution in [3.05, 3.63) is 102 Å². The summed E-state index contributed by atoms with van der Waals surface area (Å²) in [4.78, 5) is 0. The van der Waals surface area contributed by atoms with Crippen LogP contribution in [0, 0.1) is 0 Å². The predicted molar refractivity (Wildman–Crippen MR) is 123 cm³/mol. The van der Waals surface area contributed by atoms with Crippen molar-refractivity contribution < 1.29 is 14.2 Å². The van der Waals surface area contributed by atoms with Crippen molar-refractivity contribution in [2.45, 2.75) is 39.1 Å². The van der Waals surface area contributed by atoms with Crippen LogP contribution >= 0.6 is 0 Å². The topological polar surface area (TPSA) is 27.7 Å². The zero-order valence-electron chi connectivity index (χ0n) is 17.8. The molecular formula is C27H30O3. The molecule has 0 spiro atoms. The van der Waals surface area contributed by atoms with Crippen LogP contribution in [0.15, 0.2) is 84.9 Å². The van der Waals surface area contributed by atoms with Crippen molar-refractivity contribution in [3.8, 4) is 11.5 Å². The number of ether oxygens (including phenoxy) is 3. The van der Waals surface area contributed by atoms with Crippen molar-refractivity contribution in [2.24, 2.45) is 0 Å². The van der Waals surface area contributed by atoms with E-state index in [2.05, 4.69) is 43.3 Å². The molecule has 0 unspecified atom stereocenters. The van der Waals surface area contributed by atoms with Crippen LogP contribution in [0.4, 0.5) is 0 Å². The summed E-state index contributed by atoms with van der Waals surface area (Å²) < 4.78 is 17.2. The van der Waals surface area contributed by atoms with Crippen LogP contribution in [0.3, 0.4) is 0 Å². The molecule has 3 nitrogen and oxygen atoms in total. The number of benzene rings is 3. The third-order valence-electron chi connectivity index (χ3n) is 4.83. The highest BCUT2D eigenvalue weighted by Crippen LogP contribution is 2.18. The summed E-state index contributed by atoms with van der Waals surface area (Å²) in [6, 6.07) is 26.4. The molecule has 0 aliphatic carbocycles. The molecule has 30 heavy (non-hydrogen) atoms. The summed E-state index contributed by atoms with van der Waals surface area (Å²) in [5.41, 5.74) is 3.44. The largest absolute Gasteiger partial charge is 0.497 e. The molecule has 1 atom stereocenters. The molecule has 0 heterocycles. The van der Waals surface area contributed by atoms with Crippen molar-refractivity contribution in [1.82, 2.24) is 0 Å². The third-order valence-corrected chi connectivity index (χ3v) is 4.83. The van der Waals surface area contributed by atoms with Crippen LogP contribution in [0.1, 0.15) is 36.5 Å². The van der Waals surface area contributed by atoms with Crippen LogP contribution in [-0.4, -0.2) is 13.2 Å². The fourth-order valence-electron chi connectivity index (χ4n) is 3.08. The molecule has 0 saturated heterocycles.